The number of ether oxygens (including phenoxy) is 2. The zero-order chi connectivity index (χ0) is 14.2. The van der Waals surface area contributed by atoms with Gasteiger partial charge in [-0.3, -0.25) is 0 Å². The van der Waals surface area contributed by atoms with Crippen molar-refractivity contribution in [3.63, 3.8) is 0 Å². The second-order valence-electron chi connectivity index (χ2n) is 6.62. The van der Waals surface area contributed by atoms with Crippen LogP contribution in [0, 0.1) is 0 Å². The summed E-state index contributed by atoms with van der Waals surface area (Å²) in [7, 11) is 2.29. The Labute approximate surface area is 126 Å². The van der Waals surface area contributed by atoms with Crippen LogP contribution in [-0.4, -0.2) is 49.3 Å². The molecule has 21 heavy (non-hydrogen) atoms. The highest BCUT2D eigenvalue weighted by molar-refractivity contribution is 5.40. The molecule has 1 N–H and O–H groups in total. The quantitative estimate of drug-likeness (QED) is 0.923. The van der Waals surface area contributed by atoms with Crippen LogP contribution in [0.3, 0.4) is 0 Å². The van der Waals surface area contributed by atoms with E-state index in [9.17, 15) is 0 Å². The molecule has 4 nitrogen and oxygen atoms in total. The van der Waals surface area contributed by atoms with Gasteiger partial charge in [-0.15, -0.1) is 0 Å². The van der Waals surface area contributed by atoms with Gasteiger partial charge in [-0.25, -0.2) is 0 Å². The third-order valence-electron chi connectivity index (χ3n) is 5.30. The Bertz CT molecular complexity index is 493. The van der Waals surface area contributed by atoms with Crippen LogP contribution in [0.4, 0.5) is 0 Å². The summed E-state index contributed by atoms with van der Waals surface area (Å²) in [5.74, 6) is 1.74. The fraction of sp³-hybridized carbons (Fsp3) is 0.647. The highest BCUT2D eigenvalue weighted by Crippen LogP contribution is 2.34. The number of rotatable bonds is 3. The fourth-order valence-corrected chi connectivity index (χ4v) is 4.04. The Hall–Kier alpha value is -1.26. The van der Waals surface area contributed by atoms with Crippen molar-refractivity contribution in [3.8, 4) is 11.5 Å². The Morgan fingerprint density at radius 2 is 1.86 bits per heavy atom. The third kappa shape index (κ3) is 2.62. The zero-order valence-corrected chi connectivity index (χ0v) is 12.6. The third-order valence-corrected chi connectivity index (χ3v) is 5.30. The average molecular weight is 288 g/mol. The van der Waals surface area contributed by atoms with Crippen LogP contribution in [0.1, 0.15) is 25.7 Å². The van der Waals surface area contributed by atoms with Crippen LogP contribution < -0.4 is 14.8 Å². The maximum atomic E-state index is 6.02. The van der Waals surface area contributed by atoms with Crippen molar-refractivity contribution in [1.29, 1.82) is 0 Å². The molecule has 4 rings (SSSR count). The summed E-state index contributed by atoms with van der Waals surface area (Å²) >= 11 is 0. The average Bonchev–Trinajstić information content (AvgIpc) is 2.75. The van der Waals surface area contributed by atoms with Crippen LogP contribution in [0.15, 0.2) is 24.3 Å². The fourth-order valence-electron chi connectivity index (χ4n) is 4.04. The van der Waals surface area contributed by atoms with E-state index in [0.29, 0.717) is 12.6 Å². The first kappa shape index (κ1) is 13.4. The Balaban J connectivity index is 1.30. The summed E-state index contributed by atoms with van der Waals surface area (Å²) in [6.45, 7) is 1.52. The smallest absolute Gasteiger partial charge is 0.161 e. The molecule has 0 amide bonds. The molecule has 3 atom stereocenters. The second-order valence-corrected chi connectivity index (χ2v) is 6.62. The van der Waals surface area contributed by atoms with Crippen molar-refractivity contribution < 1.29 is 9.47 Å². The van der Waals surface area contributed by atoms with Gasteiger partial charge in [0.1, 0.15) is 12.7 Å². The van der Waals surface area contributed by atoms with E-state index in [1.807, 2.05) is 24.3 Å². The van der Waals surface area contributed by atoms with E-state index in [4.69, 9.17) is 9.47 Å². The number of hydrogen-bond acceptors (Lipinski definition) is 4. The number of fused-ring (bicyclic) bond motifs is 3. The maximum Gasteiger partial charge on any atom is 0.161 e. The number of piperidine rings is 1. The monoisotopic (exact) mass is 288 g/mol. The molecule has 3 aliphatic rings. The predicted octanol–water partition coefficient (Wildman–Crippen LogP) is 2.04. The van der Waals surface area contributed by atoms with E-state index in [1.165, 1.54) is 25.7 Å². The number of benzene rings is 1. The second kappa shape index (κ2) is 5.50. The molecule has 3 aliphatic heterocycles. The summed E-state index contributed by atoms with van der Waals surface area (Å²) in [6.07, 6.45) is 5.41. The minimum absolute atomic E-state index is 0.122. The van der Waals surface area contributed by atoms with Gasteiger partial charge in [0, 0.05) is 24.7 Å². The van der Waals surface area contributed by atoms with E-state index >= 15 is 0 Å². The summed E-state index contributed by atoms with van der Waals surface area (Å²) in [5, 5.41) is 3.71. The largest absolute Gasteiger partial charge is 0.486 e. The Morgan fingerprint density at radius 3 is 2.62 bits per heavy atom. The number of hydrogen-bond donors (Lipinski definition) is 1. The van der Waals surface area contributed by atoms with Crippen LogP contribution in [-0.2, 0) is 0 Å². The molecule has 4 heteroatoms. The van der Waals surface area contributed by atoms with Gasteiger partial charge in [0.05, 0.1) is 0 Å². The van der Waals surface area contributed by atoms with Gasteiger partial charge < -0.3 is 19.7 Å². The van der Waals surface area contributed by atoms with Crippen molar-refractivity contribution in [1.82, 2.24) is 10.2 Å². The molecule has 0 spiro atoms. The molecule has 2 bridgehead atoms. The molecule has 0 saturated carbocycles. The molecule has 3 heterocycles. The van der Waals surface area contributed by atoms with Crippen molar-refractivity contribution in [2.45, 2.75) is 49.9 Å². The molecule has 1 aromatic rings. The SMILES string of the molecule is CN1C2CCC1CC(NCC1COc3ccccc3O1)C2. The Kier molecular flexibility index (Phi) is 3.51. The van der Waals surface area contributed by atoms with Crippen molar-refractivity contribution in [3.05, 3.63) is 24.3 Å². The summed E-state index contributed by atoms with van der Waals surface area (Å²) < 4.78 is 11.8. The van der Waals surface area contributed by atoms with Gasteiger partial charge in [0.2, 0.25) is 0 Å². The lowest BCUT2D eigenvalue weighted by Crippen LogP contribution is -2.50. The molecule has 2 fully saturated rings. The molecular weight excluding hydrogens is 264 g/mol. The maximum absolute atomic E-state index is 6.02. The first-order chi connectivity index (χ1) is 10.3. The van der Waals surface area contributed by atoms with Crippen molar-refractivity contribution >= 4 is 0 Å². The summed E-state index contributed by atoms with van der Waals surface area (Å²) in [4.78, 5) is 2.58. The number of nitrogens with one attached hydrogen (secondary N) is 1. The lowest BCUT2D eigenvalue weighted by Gasteiger charge is -2.37. The molecular formula is C17H24N2O2. The van der Waals surface area contributed by atoms with Crippen LogP contribution in [0.5, 0.6) is 11.5 Å². The molecule has 0 aromatic heterocycles. The van der Waals surface area contributed by atoms with Crippen molar-refractivity contribution in [2.75, 3.05) is 20.2 Å². The van der Waals surface area contributed by atoms with Crippen molar-refractivity contribution in [2.24, 2.45) is 0 Å². The topological polar surface area (TPSA) is 33.7 Å². The molecule has 1 aromatic carbocycles. The van der Waals surface area contributed by atoms with Gasteiger partial charge in [-0.05, 0) is 44.9 Å². The van der Waals surface area contributed by atoms with Gasteiger partial charge in [0.25, 0.3) is 0 Å². The standard InChI is InChI=1S/C17H24N2O2/c1-19-13-6-7-14(19)9-12(8-13)18-10-15-11-20-16-4-2-3-5-17(16)21-15/h2-5,12-15,18H,6-11H2,1H3. The van der Waals surface area contributed by atoms with E-state index in [1.54, 1.807) is 0 Å². The van der Waals surface area contributed by atoms with Gasteiger partial charge >= 0.3 is 0 Å². The van der Waals surface area contributed by atoms with E-state index in [0.717, 1.165) is 30.1 Å². The van der Waals surface area contributed by atoms with E-state index in [2.05, 4.69) is 17.3 Å². The molecule has 2 saturated heterocycles. The summed E-state index contributed by atoms with van der Waals surface area (Å²) in [5.41, 5.74) is 0. The molecule has 3 unspecified atom stereocenters. The number of para-hydroxylation sites is 2. The highest BCUT2D eigenvalue weighted by Gasteiger charge is 2.38. The molecule has 0 radical (unpaired) electrons. The lowest BCUT2D eigenvalue weighted by molar-refractivity contribution is 0.0807. The first-order valence-corrected chi connectivity index (χ1v) is 8.13. The van der Waals surface area contributed by atoms with Crippen LogP contribution in [0.2, 0.25) is 0 Å². The van der Waals surface area contributed by atoms with Gasteiger partial charge in [-0.1, -0.05) is 12.1 Å². The van der Waals surface area contributed by atoms with E-state index < -0.39 is 0 Å². The predicted molar refractivity (Wildman–Crippen MR) is 82.0 cm³/mol. The summed E-state index contributed by atoms with van der Waals surface area (Å²) in [6, 6.07) is 10.1. The van der Waals surface area contributed by atoms with Gasteiger partial charge in [0.15, 0.2) is 11.5 Å². The van der Waals surface area contributed by atoms with Crippen LogP contribution in [0.25, 0.3) is 0 Å². The molecule has 0 aliphatic carbocycles. The first-order valence-electron chi connectivity index (χ1n) is 8.13. The van der Waals surface area contributed by atoms with Crippen LogP contribution >= 0.6 is 0 Å². The minimum atomic E-state index is 0.122. The zero-order valence-electron chi connectivity index (χ0n) is 12.6. The minimum Gasteiger partial charge on any atom is -0.486 e. The molecule has 114 valence electrons. The highest BCUT2D eigenvalue weighted by atomic mass is 16.6. The Morgan fingerprint density at radius 1 is 1.14 bits per heavy atom. The number of nitrogens with zero attached hydrogens (tertiary/aromatic N) is 1. The van der Waals surface area contributed by atoms with Gasteiger partial charge in [-0.2, -0.15) is 0 Å². The normalized spacial score (nSPS) is 34.9. The lowest BCUT2D eigenvalue weighted by atomic mass is 9.98. The van der Waals surface area contributed by atoms with E-state index in [-0.39, 0.29) is 6.10 Å².